The van der Waals surface area contributed by atoms with Gasteiger partial charge in [0.15, 0.2) is 0 Å². The molecule has 0 aromatic heterocycles. The average Bonchev–Trinajstić information content (AvgIpc) is 1.82. The minimum atomic E-state index is -5.37. The minimum absolute atomic E-state index is 2.24. The Morgan fingerprint density at radius 3 is 1.69 bits per heavy atom. The molecule has 2 unspecified atom stereocenters. The summed E-state index contributed by atoms with van der Waals surface area (Å²) in [5.74, 6) is -2.24. The van der Waals surface area contributed by atoms with Crippen LogP contribution in [0.2, 0.25) is 0 Å². The molecule has 0 aliphatic rings. The first kappa shape index (κ1) is 12.7. The fourth-order valence-corrected chi connectivity index (χ4v) is 2.82. The third-order valence-corrected chi connectivity index (χ3v) is 4.67. The van der Waals surface area contributed by atoms with Crippen molar-refractivity contribution in [3.8, 4) is 0 Å². The van der Waals surface area contributed by atoms with Crippen molar-refractivity contribution in [3.63, 3.8) is 0 Å². The summed E-state index contributed by atoms with van der Waals surface area (Å²) in [6.45, 7) is 0. The Balaban J connectivity index is 5.19. The lowest BCUT2D eigenvalue weighted by Crippen LogP contribution is -2.21. The molecular weight excluding hydrogens is 230 g/mol. The van der Waals surface area contributed by atoms with E-state index < -0.39 is 26.6 Å². The van der Waals surface area contributed by atoms with Gasteiger partial charge in [-0.2, -0.15) is 4.67 Å². The van der Waals surface area contributed by atoms with Crippen molar-refractivity contribution in [1.29, 1.82) is 0 Å². The molecule has 0 bridgehead atoms. The van der Waals surface area contributed by atoms with E-state index in [1.807, 2.05) is 0 Å². The van der Waals surface area contributed by atoms with Crippen LogP contribution in [0.4, 0.5) is 0 Å². The lowest BCUT2D eigenvalue weighted by atomic mass is 10.8. The second-order valence-electron chi connectivity index (χ2n) is 1.95. The molecule has 0 radical (unpaired) electrons. The summed E-state index contributed by atoms with van der Waals surface area (Å²) in [7, 11) is -10.6. The summed E-state index contributed by atoms with van der Waals surface area (Å²) < 4.78 is 23.8. The van der Waals surface area contributed by atoms with E-state index in [-0.39, 0.29) is 0 Å². The molecule has 2 atom stereocenters. The zero-order chi connectivity index (χ0) is 10.9. The van der Waals surface area contributed by atoms with E-state index in [2.05, 4.69) is 4.67 Å². The Bertz CT molecular complexity index is 288. The van der Waals surface area contributed by atoms with Gasteiger partial charge >= 0.3 is 21.2 Å². The van der Waals surface area contributed by atoms with Crippen molar-refractivity contribution < 1.29 is 43.6 Å². The monoisotopic (exact) mass is 236 g/mol. The van der Waals surface area contributed by atoms with Crippen LogP contribution in [0.25, 0.3) is 0 Å². The summed E-state index contributed by atoms with van der Waals surface area (Å²) in [4.78, 5) is 35.3. The van der Waals surface area contributed by atoms with E-state index in [1.165, 1.54) is 0 Å². The van der Waals surface area contributed by atoms with Gasteiger partial charge in [0.05, 0.1) is 0 Å². The number of carboxylic acid groups (broad SMARTS) is 1. The van der Waals surface area contributed by atoms with Crippen molar-refractivity contribution in [2.24, 2.45) is 0 Å². The zero-order valence-corrected chi connectivity index (χ0v) is 7.63. The molecule has 0 saturated heterocycles. The highest BCUT2D eigenvalue weighted by molar-refractivity contribution is 7.72. The Kier molecular flexibility index (Phi) is 3.77. The van der Waals surface area contributed by atoms with E-state index in [4.69, 9.17) is 25.0 Å². The van der Waals surface area contributed by atoms with Gasteiger partial charge in [0.1, 0.15) is 0 Å². The Labute approximate surface area is 71.2 Å². The van der Waals surface area contributed by atoms with Crippen molar-refractivity contribution in [1.82, 2.24) is 0 Å². The van der Waals surface area contributed by atoms with Crippen molar-refractivity contribution >= 4 is 21.2 Å². The lowest BCUT2D eigenvalue weighted by Gasteiger charge is -2.16. The minimum Gasteiger partial charge on any atom is -0.480 e. The quantitative estimate of drug-likeness (QED) is 0.240. The van der Waals surface area contributed by atoms with Crippen molar-refractivity contribution in [3.05, 3.63) is 0 Å². The van der Waals surface area contributed by atoms with Gasteiger partial charge in [0.25, 0.3) is 5.40 Å². The number of rotatable bonds is 4. The standard InChI is InChI=1S/C2H6O9P2/c3-1(4)2(12(6,7)8)13(9,10)11-5/h2,5H,(H,3,4)(H,9,10)(H2,6,7,8). The van der Waals surface area contributed by atoms with Crippen LogP contribution in [-0.4, -0.2) is 36.4 Å². The number of hydrogen-bond donors (Lipinski definition) is 5. The number of aliphatic carboxylic acids is 1. The average molecular weight is 236 g/mol. The molecule has 78 valence electrons. The van der Waals surface area contributed by atoms with Crippen LogP contribution in [0.15, 0.2) is 0 Å². The molecule has 0 amide bonds. The topological polar surface area (TPSA) is 162 Å². The third-order valence-electron chi connectivity index (χ3n) is 0.966. The highest BCUT2D eigenvalue weighted by Crippen LogP contribution is 2.62. The summed E-state index contributed by atoms with van der Waals surface area (Å²) in [6, 6.07) is 0. The maximum atomic E-state index is 10.6. The summed E-state index contributed by atoms with van der Waals surface area (Å²) in [6.07, 6.45) is 0. The Morgan fingerprint density at radius 2 is 1.62 bits per heavy atom. The molecule has 0 aromatic carbocycles. The molecule has 0 aromatic rings. The molecule has 0 spiro atoms. The highest BCUT2D eigenvalue weighted by Gasteiger charge is 2.52. The van der Waals surface area contributed by atoms with Gasteiger partial charge in [0, 0.05) is 0 Å². The fraction of sp³-hybridized carbons (Fsp3) is 0.500. The van der Waals surface area contributed by atoms with E-state index >= 15 is 0 Å². The van der Waals surface area contributed by atoms with E-state index in [1.54, 1.807) is 0 Å². The normalized spacial score (nSPS) is 19.1. The molecule has 11 heteroatoms. The van der Waals surface area contributed by atoms with Gasteiger partial charge in [-0.25, -0.2) is 5.26 Å². The molecule has 0 aliphatic carbocycles. The summed E-state index contributed by atoms with van der Waals surface area (Å²) >= 11 is 0. The van der Waals surface area contributed by atoms with Gasteiger partial charge in [0.2, 0.25) is 0 Å². The highest BCUT2D eigenvalue weighted by atomic mass is 31.2. The van der Waals surface area contributed by atoms with E-state index in [9.17, 15) is 13.9 Å². The largest absolute Gasteiger partial charge is 0.480 e. The lowest BCUT2D eigenvalue weighted by molar-refractivity contribution is -0.151. The predicted molar refractivity (Wildman–Crippen MR) is 37.0 cm³/mol. The Hall–Kier alpha value is -0.270. The maximum Gasteiger partial charge on any atom is 0.381 e. The molecule has 0 rings (SSSR count). The summed E-state index contributed by atoms with van der Waals surface area (Å²) in [5.41, 5.74) is 0. The molecule has 9 nitrogen and oxygen atoms in total. The van der Waals surface area contributed by atoms with E-state index in [0.717, 1.165) is 0 Å². The maximum absolute atomic E-state index is 10.6. The smallest absolute Gasteiger partial charge is 0.381 e. The predicted octanol–water partition coefficient (Wildman–Crippen LogP) is -0.750. The van der Waals surface area contributed by atoms with Gasteiger partial charge < -0.3 is 19.8 Å². The van der Waals surface area contributed by atoms with Crippen molar-refractivity contribution in [2.45, 2.75) is 5.40 Å². The fourth-order valence-electron chi connectivity index (χ4n) is 0.518. The number of carbonyl (C=O) groups is 1. The first-order valence-corrected chi connectivity index (χ1v) is 5.89. The van der Waals surface area contributed by atoms with Crippen LogP contribution >= 0.6 is 15.2 Å². The molecule has 0 heterocycles. The van der Waals surface area contributed by atoms with Crippen LogP contribution < -0.4 is 0 Å². The zero-order valence-electron chi connectivity index (χ0n) is 5.84. The summed E-state index contributed by atoms with van der Waals surface area (Å²) in [5, 5.41) is 12.9. The van der Waals surface area contributed by atoms with Crippen molar-refractivity contribution in [2.75, 3.05) is 0 Å². The Morgan fingerprint density at radius 1 is 1.23 bits per heavy atom. The second kappa shape index (κ2) is 3.85. The van der Waals surface area contributed by atoms with Gasteiger partial charge in [-0.15, -0.1) is 0 Å². The number of hydrogen-bond acceptors (Lipinski definition) is 5. The van der Waals surface area contributed by atoms with Crippen LogP contribution in [0.1, 0.15) is 0 Å². The SMILES string of the molecule is O=C(O)C(P(=O)(O)O)P(=O)(O)OO. The van der Waals surface area contributed by atoms with Gasteiger partial charge in [-0.3, -0.25) is 13.9 Å². The van der Waals surface area contributed by atoms with E-state index in [0.29, 0.717) is 0 Å². The molecule has 5 N–H and O–H groups in total. The first-order valence-electron chi connectivity index (χ1n) is 2.56. The van der Waals surface area contributed by atoms with Gasteiger partial charge in [-0.05, 0) is 0 Å². The van der Waals surface area contributed by atoms with Crippen LogP contribution in [0.3, 0.4) is 0 Å². The molecule has 0 fully saturated rings. The molecule has 0 saturated carbocycles. The molecule has 13 heavy (non-hydrogen) atoms. The third kappa shape index (κ3) is 3.17. The van der Waals surface area contributed by atoms with Crippen LogP contribution in [0.5, 0.6) is 0 Å². The first-order chi connectivity index (χ1) is 5.63. The second-order valence-corrected chi connectivity index (χ2v) is 5.86. The van der Waals surface area contributed by atoms with Crippen LogP contribution in [0, 0.1) is 0 Å². The van der Waals surface area contributed by atoms with Crippen LogP contribution in [-0.2, 0) is 18.6 Å². The molecular formula is C2H6O9P2. The van der Waals surface area contributed by atoms with Gasteiger partial charge in [-0.1, -0.05) is 0 Å². The number of carboxylic acids is 1. The molecule has 0 aliphatic heterocycles.